The predicted molar refractivity (Wildman–Crippen MR) is 128 cm³/mol. The summed E-state index contributed by atoms with van der Waals surface area (Å²) in [7, 11) is -0.313. The van der Waals surface area contributed by atoms with Crippen molar-refractivity contribution in [1.82, 2.24) is 14.9 Å². The topological polar surface area (TPSA) is 77.0 Å². The van der Waals surface area contributed by atoms with Gasteiger partial charge in [0.2, 0.25) is 10.0 Å². The van der Waals surface area contributed by atoms with E-state index in [1.54, 1.807) is 43.4 Å². The van der Waals surface area contributed by atoms with Crippen LogP contribution >= 0.6 is 24.0 Å². The van der Waals surface area contributed by atoms with Gasteiger partial charge in [-0.05, 0) is 36.9 Å². The SMILES string of the molecule is CN=C(NCc1ccc(S(=O)(=O)NC)cc1)N1CCN(c2ccccc2F)CC1.I. The highest BCUT2D eigenvalue weighted by Crippen LogP contribution is 2.20. The van der Waals surface area contributed by atoms with Crippen LogP contribution < -0.4 is 14.9 Å². The lowest BCUT2D eigenvalue weighted by Gasteiger charge is -2.37. The maximum atomic E-state index is 14.0. The van der Waals surface area contributed by atoms with Crippen LogP contribution in [0.1, 0.15) is 5.56 Å². The van der Waals surface area contributed by atoms with E-state index in [4.69, 9.17) is 0 Å². The van der Waals surface area contributed by atoms with Crippen LogP contribution in [0.15, 0.2) is 58.4 Å². The summed E-state index contributed by atoms with van der Waals surface area (Å²) in [6, 6.07) is 13.5. The first-order valence-corrected chi connectivity index (χ1v) is 10.9. The van der Waals surface area contributed by atoms with Crippen LogP contribution in [0.25, 0.3) is 0 Å². The van der Waals surface area contributed by atoms with Crippen molar-refractivity contribution < 1.29 is 12.8 Å². The van der Waals surface area contributed by atoms with Gasteiger partial charge in [-0.25, -0.2) is 17.5 Å². The molecule has 0 aromatic heterocycles. The first-order valence-electron chi connectivity index (χ1n) is 9.42. The molecule has 2 aromatic carbocycles. The van der Waals surface area contributed by atoms with Crippen LogP contribution in [0.5, 0.6) is 0 Å². The van der Waals surface area contributed by atoms with E-state index >= 15 is 0 Å². The first-order chi connectivity index (χ1) is 13.9. The van der Waals surface area contributed by atoms with Gasteiger partial charge in [-0.3, -0.25) is 4.99 Å². The number of guanidine groups is 1. The summed E-state index contributed by atoms with van der Waals surface area (Å²) in [5.74, 6) is 0.567. The van der Waals surface area contributed by atoms with Gasteiger partial charge in [0.15, 0.2) is 5.96 Å². The van der Waals surface area contributed by atoms with E-state index in [1.807, 2.05) is 11.0 Å². The number of nitrogens with zero attached hydrogens (tertiary/aromatic N) is 3. The minimum atomic E-state index is -3.43. The quantitative estimate of drug-likeness (QED) is 0.341. The normalized spacial score (nSPS) is 15.0. The number of hydrogen-bond acceptors (Lipinski definition) is 4. The van der Waals surface area contributed by atoms with Crippen LogP contribution in [0.3, 0.4) is 0 Å². The molecule has 0 saturated carbocycles. The fourth-order valence-corrected chi connectivity index (χ4v) is 4.02. The second-order valence-electron chi connectivity index (χ2n) is 6.68. The molecule has 0 radical (unpaired) electrons. The van der Waals surface area contributed by atoms with Crippen LogP contribution in [0.4, 0.5) is 10.1 Å². The Kier molecular flexibility index (Phi) is 8.86. The zero-order valence-corrected chi connectivity index (χ0v) is 20.2. The van der Waals surface area contributed by atoms with Crippen LogP contribution in [0, 0.1) is 5.82 Å². The number of piperazine rings is 1. The summed E-state index contributed by atoms with van der Waals surface area (Å²) in [5.41, 5.74) is 1.58. The highest BCUT2D eigenvalue weighted by molar-refractivity contribution is 14.0. The summed E-state index contributed by atoms with van der Waals surface area (Å²) in [4.78, 5) is 8.76. The van der Waals surface area contributed by atoms with Crippen LogP contribution in [0.2, 0.25) is 0 Å². The molecule has 0 amide bonds. The fourth-order valence-electron chi connectivity index (χ4n) is 3.29. The standard InChI is InChI=1S/C20H26FN5O2S.HI/c1-22-20(24-15-16-7-9-17(10-8-16)29(27,28)23-2)26-13-11-25(12-14-26)19-6-4-3-5-18(19)21;/h3-10,23H,11-15H2,1-2H3,(H,22,24);1H. The molecule has 1 aliphatic rings. The van der Waals surface area contributed by atoms with Crippen LogP contribution in [-0.2, 0) is 16.6 Å². The smallest absolute Gasteiger partial charge is 0.240 e. The Balaban J connectivity index is 0.00000320. The number of sulfonamides is 1. The van der Waals surface area contributed by atoms with Crippen molar-refractivity contribution in [3.8, 4) is 0 Å². The predicted octanol–water partition coefficient (Wildman–Crippen LogP) is 2.25. The third kappa shape index (κ3) is 5.82. The Morgan fingerprint density at radius 1 is 1.07 bits per heavy atom. The number of benzene rings is 2. The summed E-state index contributed by atoms with van der Waals surface area (Å²) in [6.45, 7) is 3.40. The summed E-state index contributed by atoms with van der Waals surface area (Å²) in [5, 5.41) is 3.31. The van der Waals surface area contributed by atoms with Gasteiger partial charge in [-0.1, -0.05) is 24.3 Å². The second kappa shape index (κ2) is 10.9. The maximum absolute atomic E-state index is 14.0. The lowest BCUT2D eigenvalue weighted by Crippen LogP contribution is -2.52. The van der Waals surface area contributed by atoms with Gasteiger partial charge in [-0.15, -0.1) is 24.0 Å². The number of aliphatic imine (C=N–C) groups is 1. The molecule has 164 valence electrons. The molecule has 2 aromatic rings. The number of nitrogens with one attached hydrogen (secondary N) is 2. The average molecular weight is 547 g/mol. The first kappa shape index (κ1) is 24.4. The number of halogens is 2. The van der Waals surface area contributed by atoms with E-state index in [0.29, 0.717) is 25.3 Å². The Morgan fingerprint density at radius 3 is 2.27 bits per heavy atom. The molecule has 0 aliphatic carbocycles. The van der Waals surface area contributed by atoms with Crippen molar-refractivity contribution in [2.24, 2.45) is 4.99 Å². The molecule has 10 heteroatoms. The molecule has 0 unspecified atom stereocenters. The van der Waals surface area contributed by atoms with Gasteiger partial charge in [-0.2, -0.15) is 0 Å². The highest BCUT2D eigenvalue weighted by Gasteiger charge is 2.21. The molecule has 3 rings (SSSR count). The molecule has 1 fully saturated rings. The lowest BCUT2D eigenvalue weighted by atomic mass is 10.2. The van der Waals surface area contributed by atoms with Gasteiger partial charge < -0.3 is 15.1 Å². The van der Waals surface area contributed by atoms with Crippen LogP contribution in [-0.4, -0.2) is 59.6 Å². The molecular weight excluding hydrogens is 520 g/mol. The minimum Gasteiger partial charge on any atom is -0.366 e. The number of rotatable bonds is 5. The lowest BCUT2D eigenvalue weighted by molar-refractivity contribution is 0.370. The van der Waals surface area contributed by atoms with Crippen molar-refractivity contribution in [3.63, 3.8) is 0 Å². The molecule has 1 saturated heterocycles. The minimum absolute atomic E-state index is 0. The highest BCUT2D eigenvalue weighted by atomic mass is 127. The molecule has 1 aliphatic heterocycles. The van der Waals surface area contributed by atoms with Gasteiger partial charge in [0.25, 0.3) is 0 Å². The third-order valence-electron chi connectivity index (χ3n) is 4.94. The number of anilines is 1. The number of para-hydroxylation sites is 1. The molecular formula is C20H27FIN5O2S. The van der Waals surface area contributed by atoms with Crippen molar-refractivity contribution in [1.29, 1.82) is 0 Å². The molecule has 0 bridgehead atoms. The van der Waals surface area contributed by atoms with Crippen molar-refractivity contribution in [3.05, 3.63) is 59.9 Å². The van der Waals surface area contributed by atoms with E-state index in [0.717, 1.165) is 24.6 Å². The molecule has 1 heterocycles. The molecule has 7 nitrogen and oxygen atoms in total. The largest absolute Gasteiger partial charge is 0.366 e. The van der Waals surface area contributed by atoms with E-state index in [2.05, 4.69) is 19.9 Å². The summed E-state index contributed by atoms with van der Waals surface area (Å²) in [6.07, 6.45) is 0. The van der Waals surface area contributed by atoms with E-state index in [9.17, 15) is 12.8 Å². The second-order valence-corrected chi connectivity index (χ2v) is 8.56. The van der Waals surface area contributed by atoms with Crippen molar-refractivity contribution in [2.75, 3.05) is 45.2 Å². The summed E-state index contributed by atoms with van der Waals surface area (Å²) >= 11 is 0. The van der Waals surface area contributed by atoms with E-state index in [1.165, 1.54) is 13.1 Å². The van der Waals surface area contributed by atoms with E-state index in [-0.39, 0.29) is 34.7 Å². The maximum Gasteiger partial charge on any atom is 0.240 e. The molecule has 30 heavy (non-hydrogen) atoms. The monoisotopic (exact) mass is 547 g/mol. The van der Waals surface area contributed by atoms with Gasteiger partial charge in [0.05, 0.1) is 10.6 Å². The summed E-state index contributed by atoms with van der Waals surface area (Å²) < 4.78 is 39.9. The Morgan fingerprint density at radius 2 is 1.70 bits per heavy atom. The Bertz CT molecular complexity index is 961. The van der Waals surface area contributed by atoms with E-state index < -0.39 is 10.0 Å². The number of hydrogen-bond donors (Lipinski definition) is 2. The average Bonchev–Trinajstić information content (AvgIpc) is 2.75. The zero-order chi connectivity index (χ0) is 20.9. The molecule has 0 atom stereocenters. The van der Waals surface area contributed by atoms with Gasteiger partial charge in [0, 0.05) is 39.8 Å². The van der Waals surface area contributed by atoms with Gasteiger partial charge in [0.1, 0.15) is 5.82 Å². The van der Waals surface area contributed by atoms with Crippen molar-refractivity contribution >= 4 is 45.6 Å². The Labute approximate surface area is 194 Å². The molecule has 2 N–H and O–H groups in total. The van der Waals surface area contributed by atoms with Crippen molar-refractivity contribution in [2.45, 2.75) is 11.4 Å². The molecule has 0 spiro atoms. The Hall–Kier alpha value is -1.92. The van der Waals surface area contributed by atoms with Gasteiger partial charge >= 0.3 is 0 Å². The third-order valence-corrected chi connectivity index (χ3v) is 6.37. The zero-order valence-electron chi connectivity index (χ0n) is 17.0. The fraction of sp³-hybridized carbons (Fsp3) is 0.350.